The molecule has 132 valence electrons. The number of carbonyl (C=O) groups excluding carboxylic acids is 1. The van der Waals surface area contributed by atoms with Gasteiger partial charge in [0.25, 0.3) is 0 Å². The predicted molar refractivity (Wildman–Crippen MR) is 86.5 cm³/mol. The molecular weight excluding hydrogens is 307 g/mol. The van der Waals surface area contributed by atoms with Crippen LogP contribution in [-0.2, 0) is 14.0 Å². The maximum absolute atomic E-state index is 12.0. The van der Waals surface area contributed by atoms with Crippen LogP contribution in [0.5, 0.6) is 0 Å². The minimum absolute atomic E-state index is 0.0426. The second-order valence-corrected chi connectivity index (χ2v) is 9.44. The summed E-state index contributed by atoms with van der Waals surface area (Å²) in [5, 5.41) is 11.2. The summed E-state index contributed by atoms with van der Waals surface area (Å²) in [6.07, 6.45) is 0.367. The average molecular weight is 339 g/mol. The molecule has 0 bridgehead atoms. The van der Waals surface area contributed by atoms with Gasteiger partial charge in [-0.25, -0.2) is 5.26 Å². The summed E-state index contributed by atoms with van der Waals surface area (Å²) in [5.41, 5.74) is -0.0684. The molecule has 3 N–H and O–H groups in total. The van der Waals surface area contributed by atoms with Gasteiger partial charge in [-0.3, -0.25) is 9.36 Å². The van der Waals surface area contributed by atoms with Gasteiger partial charge < -0.3 is 14.7 Å². The summed E-state index contributed by atoms with van der Waals surface area (Å²) in [6, 6.07) is 0. The fourth-order valence-electron chi connectivity index (χ4n) is 1.88. The van der Waals surface area contributed by atoms with Gasteiger partial charge >= 0.3 is 7.60 Å². The van der Waals surface area contributed by atoms with E-state index < -0.39 is 7.60 Å². The van der Waals surface area contributed by atoms with Gasteiger partial charge in [0.2, 0.25) is 5.91 Å². The summed E-state index contributed by atoms with van der Waals surface area (Å²) in [7, 11) is 0.118. The van der Waals surface area contributed by atoms with E-state index in [1.807, 2.05) is 41.8 Å². The molecule has 0 fully saturated rings. The molecule has 2 atom stereocenters. The lowest BCUT2D eigenvalue weighted by molar-refractivity contribution is -0.889. The van der Waals surface area contributed by atoms with Crippen molar-refractivity contribution in [2.45, 2.75) is 34.1 Å². The van der Waals surface area contributed by atoms with Crippen molar-refractivity contribution in [1.29, 1.82) is 0 Å². The lowest BCUT2D eigenvalue weighted by Crippen LogP contribution is -2.47. The Morgan fingerprint density at radius 3 is 2.32 bits per heavy atom. The fraction of sp³-hybridized carbons (Fsp3) is 0.929. The Hall–Kier alpha value is -0.460. The first-order valence-electron chi connectivity index (χ1n) is 7.55. The van der Waals surface area contributed by atoms with Gasteiger partial charge in [0.05, 0.1) is 39.9 Å². The lowest BCUT2D eigenvalue weighted by atomic mass is 9.81. The van der Waals surface area contributed by atoms with Gasteiger partial charge in [-0.2, -0.15) is 4.67 Å². The Labute approximate surface area is 133 Å². The Morgan fingerprint density at radius 1 is 1.32 bits per heavy atom. The smallest absolute Gasteiger partial charge is 0.350 e. The lowest BCUT2D eigenvalue weighted by Gasteiger charge is -2.31. The molecule has 0 aliphatic rings. The molecule has 0 heterocycles. The molecule has 0 rings (SSSR count). The van der Waals surface area contributed by atoms with Crippen LogP contribution in [0, 0.1) is 11.3 Å². The zero-order chi connectivity index (χ0) is 17.6. The minimum atomic E-state index is -3.86. The molecule has 1 amide bonds. The highest BCUT2D eigenvalue weighted by atomic mass is 31.2. The first-order valence-corrected chi connectivity index (χ1v) is 9.32. The number of rotatable bonds is 9. The number of nitrogens with zero attached hydrogens (tertiary/aromatic N) is 1. The van der Waals surface area contributed by atoms with Gasteiger partial charge in [-0.1, -0.05) is 27.7 Å². The molecule has 22 heavy (non-hydrogen) atoms. The molecule has 0 aliphatic carbocycles. The highest BCUT2D eigenvalue weighted by molar-refractivity contribution is 7.52. The summed E-state index contributed by atoms with van der Waals surface area (Å²) >= 11 is 0. The van der Waals surface area contributed by atoms with E-state index in [1.165, 1.54) is 0 Å². The van der Waals surface area contributed by atoms with Crippen LogP contribution in [0.3, 0.4) is 0 Å². The van der Waals surface area contributed by atoms with Crippen molar-refractivity contribution in [3.05, 3.63) is 0 Å². The molecule has 7 nitrogen and oxygen atoms in total. The third-order valence-electron chi connectivity index (χ3n) is 4.04. The van der Waals surface area contributed by atoms with Crippen LogP contribution in [0.4, 0.5) is 0 Å². The van der Waals surface area contributed by atoms with Gasteiger partial charge in [0.1, 0.15) is 0 Å². The molecule has 0 aromatic rings. The zero-order valence-electron chi connectivity index (χ0n) is 14.6. The number of likely N-dealkylation sites (N-methyl/N-ethyl adjacent to an activating group) is 1. The van der Waals surface area contributed by atoms with Crippen molar-refractivity contribution in [2.75, 3.05) is 39.9 Å². The number of amides is 1. The summed E-state index contributed by atoms with van der Waals surface area (Å²) < 4.78 is 15.3. The van der Waals surface area contributed by atoms with E-state index in [9.17, 15) is 9.36 Å². The first-order chi connectivity index (χ1) is 9.81. The van der Waals surface area contributed by atoms with Crippen molar-refractivity contribution in [3.8, 4) is 0 Å². The Balaban J connectivity index is 4.13. The van der Waals surface area contributed by atoms with E-state index in [1.54, 1.807) is 0 Å². The van der Waals surface area contributed by atoms with Crippen molar-refractivity contribution < 1.29 is 28.7 Å². The third-order valence-corrected chi connectivity index (χ3v) is 5.18. The fourth-order valence-corrected chi connectivity index (χ4v) is 2.50. The Kier molecular flexibility index (Phi) is 8.23. The average Bonchev–Trinajstić information content (AvgIpc) is 2.35. The van der Waals surface area contributed by atoms with E-state index >= 15 is 0 Å². The standard InChI is InChI=1S/C14H31N2O5P/c1-12(14(2,3)4)13(17)15-8-10-16(5,6)9-7-11-22(19,20)21-18/h12H,7-11H2,1-6H3,(H2-,15,17,18,19,20)/p+1. The van der Waals surface area contributed by atoms with E-state index in [4.69, 9.17) is 10.2 Å². The molecule has 0 saturated heterocycles. The number of hydrogen-bond acceptors (Lipinski definition) is 4. The molecule has 0 aromatic carbocycles. The van der Waals surface area contributed by atoms with Gasteiger partial charge in [-0.05, 0) is 5.41 Å². The number of hydrogen-bond donors (Lipinski definition) is 3. The minimum Gasteiger partial charge on any atom is -0.350 e. The first kappa shape index (κ1) is 21.5. The predicted octanol–water partition coefficient (Wildman–Crippen LogP) is 1.93. The monoisotopic (exact) mass is 339 g/mol. The Morgan fingerprint density at radius 2 is 1.86 bits per heavy atom. The maximum atomic E-state index is 12.0. The molecule has 8 heteroatoms. The van der Waals surface area contributed by atoms with Crippen LogP contribution < -0.4 is 5.32 Å². The topological polar surface area (TPSA) is 95.9 Å². The second-order valence-electron chi connectivity index (χ2n) is 7.56. The SMILES string of the molecule is CC(C(=O)NCC[N+](C)(C)CCCP(=O)(O)OO)C(C)(C)C. The van der Waals surface area contributed by atoms with Crippen LogP contribution in [-0.4, -0.2) is 60.4 Å². The summed E-state index contributed by atoms with van der Waals surface area (Å²) in [5.74, 6) is -0.0221. The van der Waals surface area contributed by atoms with Gasteiger partial charge in [-0.15, -0.1) is 0 Å². The van der Waals surface area contributed by atoms with Crippen LogP contribution in [0.25, 0.3) is 0 Å². The summed E-state index contributed by atoms with van der Waals surface area (Å²) in [4.78, 5) is 21.2. The number of carbonyl (C=O) groups is 1. The largest absolute Gasteiger partial charge is 0.355 e. The second kappa shape index (κ2) is 8.41. The molecule has 0 aromatic heterocycles. The number of quaternary nitrogens is 1. The van der Waals surface area contributed by atoms with Crippen LogP contribution in [0.1, 0.15) is 34.1 Å². The molecule has 0 aliphatic heterocycles. The highest BCUT2D eigenvalue weighted by Crippen LogP contribution is 2.40. The van der Waals surface area contributed by atoms with Crippen LogP contribution in [0.15, 0.2) is 0 Å². The summed E-state index contributed by atoms with van der Waals surface area (Å²) in [6.45, 7) is 9.95. The van der Waals surface area contributed by atoms with E-state index in [0.29, 0.717) is 24.0 Å². The third kappa shape index (κ3) is 8.86. The van der Waals surface area contributed by atoms with Crippen molar-refractivity contribution >= 4 is 13.5 Å². The van der Waals surface area contributed by atoms with E-state index in [-0.39, 0.29) is 23.4 Å². The number of nitrogens with one attached hydrogen (secondary N) is 1. The van der Waals surface area contributed by atoms with Crippen molar-refractivity contribution in [1.82, 2.24) is 5.32 Å². The normalized spacial score (nSPS) is 16.9. The molecule has 0 radical (unpaired) electrons. The van der Waals surface area contributed by atoms with Crippen molar-refractivity contribution in [2.24, 2.45) is 11.3 Å². The highest BCUT2D eigenvalue weighted by Gasteiger charge is 2.27. The van der Waals surface area contributed by atoms with E-state index in [2.05, 4.69) is 9.99 Å². The molecular formula is C14H32N2O5P+. The zero-order valence-corrected chi connectivity index (χ0v) is 15.5. The molecule has 2 unspecified atom stereocenters. The molecule has 0 saturated carbocycles. The Bertz CT molecular complexity index is 407. The molecule has 0 spiro atoms. The quantitative estimate of drug-likeness (QED) is 0.258. The van der Waals surface area contributed by atoms with Gasteiger partial charge in [0, 0.05) is 12.3 Å². The maximum Gasteiger partial charge on any atom is 0.355 e. The van der Waals surface area contributed by atoms with Gasteiger partial charge in [0.15, 0.2) is 0 Å². The van der Waals surface area contributed by atoms with Crippen LogP contribution >= 0.6 is 7.60 Å². The van der Waals surface area contributed by atoms with Crippen LogP contribution in [0.2, 0.25) is 0 Å². The van der Waals surface area contributed by atoms with Crippen molar-refractivity contribution in [3.63, 3.8) is 0 Å². The van der Waals surface area contributed by atoms with E-state index in [0.717, 1.165) is 6.54 Å².